The Hall–Kier alpha value is -2.99. The molecule has 1 fully saturated rings. The molecule has 6 heteroatoms. The highest BCUT2D eigenvalue weighted by Gasteiger charge is 2.28. The van der Waals surface area contributed by atoms with Crippen LogP contribution < -0.4 is 11.2 Å². The number of aliphatic imine (C=N–C) groups is 1. The lowest BCUT2D eigenvalue weighted by Crippen LogP contribution is -2.23. The van der Waals surface area contributed by atoms with Crippen LogP contribution in [-0.4, -0.2) is 22.9 Å². The predicted octanol–water partition coefficient (Wildman–Crippen LogP) is 3.78. The second-order valence-electron chi connectivity index (χ2n) is 6.60. The Labute approximate surface area is 152 Å². The first-order valence-corrected chi connectivity index (χ1v) is 8.63. The van der Waals surface area contributed by atoms with Crippen molar-refractivity contribution in [2.75, 3.05) is 12.8 Å². The number of amidine groups is 1. The number of anilines is 1. The molecule has 0 unspecified atom stereocenters. The van der Waals surface area contributed by atoms with Gasteiger partial charge in [0.05, 0.1) is 7.11 Å². The number of benzene rings is 1. The molecular weight excluding hydrogens is 326 g/mol. The zero-order chi connectivity index (χ0) is 18.1. The number of hydrogen-bond donors (Lipinski definition) is 2. The van der Waals surface area contributed by atoms with Gasteiger partial charge in [0.15, 0.2) is 5.82 Å². The minimum absolute atomic E-state index is 0.432. The lowest BCUT2D eigenvalue weighted by Gasteiger charge is -2.10. The average molecular weight is 347 g/mol. The van der Waals surface area contributed by atoms with Crippen LogP contribution in [0.2, 0.25) is 0 Å². The number of hydrogen-bond acceptors (Lipinski definition) is 5. The number of fused-ring (bicyclic) bond motifs is 1. The number of nitrogens with one attached hydrogen (secondary N) is 1. The van der Waals surface area contributed by atoms with Crippen LogP contribution in [-0.2, 0) is 4.84 Å². The van der Waals surface area contributed by atoms with E-state index in [0.717, 1.165) is 46.1 Å². The zero-order valence-electron chi connectivity index (χ0n) is 14.9. The number of nitrogen functional groups attached to an aromatic ring is 1. The average Bonchev–Trinajstić information content (AvgIpc) is 3.46. The Kier molecular flexibility index (Phi) is 4.26. The Morgan fingerprint density at radius 3 is 2.85 bits per heavy atom. The minimum atomic E-state index is 0.432. The summed E-state index contributed by atoms with van der Waals surface area (Å²) in [5.41, 5.74) is 13.1. The molecule has 1 saturated carbocycles. The summed E-state index contributed by atoms with van der Waals surface area (Å²) >= 11 is 0. The van der Waals surface area contributed by atoms with E-state index in [1.807, 2.05) is 24.4 Å². The van der Waals surface area contributed by atoms with Crippen molar-refractivity contribution >= 4 is 28.1 Å². The maximum Gasteiger partial charge on any atom is 0.154 e. The fourth-order valence-corrected chi connectivity index (χ4v) is 3.04. The van der Waals surface area contributed by atoms with Gasteiger partial charge in [0.25, 0.3) is 0 Å². The van der Waals surface area contributed by atoms with Crippen LogP contribution in [0.3, 0.4) is 0 Å². The molecule has 26 heavy (non-hydrogen) atoms. The molecule has 0 bridgehead atoms. The molecule has 1 aromatic carbocycles. The summed E-state index contributed by atoms with van der Waals surface area (Å²) in [6.45, 7) is 2.07. The summed E-state index contributed by atoms with van der Waals surface area (Å²) in [5.74, 6) is 1.90. The van der Waals surface area contributed by atoms with Crippen molar-refractivity contribution in [2.45, 2.75) is 19.8 Å². The van der Waals surface area contributed by atoms with Gasteiger partial charge in [-0.2, -0.15) is 0 Å². The van der Waals surface area contributed by atoms with Gasteiger partial charge in [-0.15, -0.1) is 0 Å². The quantitative estimate of drug-likeness (QED) is 0.325. The first kappa shape index (κ1) is 16.5. The molecule has 2 heterocycles. The van der Waals surface area contributed by atoms with Gasteiger partial charge in [-0.1, -0.05) is 0 Å². The van der Waals surface area contributed by atoms with E-state index in [1.165, 1.54) is 0 Å². The molecule has 1 aliphatic carbocycles. The SMILES string of the molecule is CONC(=Nc1cc2cc(-c3cnccc3C)cc(N)c2cn1)C1CC1. The summed E-state index contributed by atoms with van der Waals surface area (Å²) < 4.78 is 0. The molecule has 6 nitrogen and oxygen atoms in total. The monoisotopic (exact) mass is 347 g/mol. The van der Waals surface area contributed by atoms with Crippen LogP contribution in [0.4, 0.5) is 11.5 Å². The molecule has 0 radical (unpaired) electrons. The van der Waals surface area contributed by atoms with Crippen molar-refractivity contribution < 1.29 is 4.84 Å². The molecule has 0 saturated heterocycles. The van der Waals surface area contributed by atoms with Crippen LogP contribution in [0.1, 0.15) is 18.4 Å². The summed E-state index contributed by atoms with van der Waals surface area (Å²) in [4.78, 5) is 18.3. The van der Waals surface area contributed by atoms with Crippen molar-refractivity contribution in [3.63, 3.8) is 0 Å². The molecule has 1 aliphatic rings. The van der Waals surface area contributed by atoms with Crippen molar-refractivity contribution in [2.24, 2.45) is 10.9 Å². The summed E-state index contributed by atoms with van der Waals surface area (Å²) in [5, 5.41) is 1.92. The maximum absolute atomic E-state index is 6.27. The lowest BCUT2D eigenvalue weighted by molar-refractivity contribution is 0.142. The van der Waals surface area contributed by atoms with Crippen LogP contribution in [0, 0.1) is 12.8 Å². The van der Waals surface area contributed by atoms with Gasteiger partial charge in [0.2, 0.25) is 0 Å². The Balaban J connectivity index is 1.79. The van der Waals surface area contributed by atoms with Crippen molar-refractivity contribution in [3.8, 4) is 11.1 Å². The van der Waals surface area contributed by atoms with Gasteiger partial charge >= 0.3 is 0 Å². The van der Waals surface area contributed by atoms with Gasteiger partial charge in [0, 0.05) is 41.1 Å². The summed E-state index contributed by atoms with van der Waals surface area (Å²) in [6, 6.07) is 8.03. The van der Waals surface area contributed by atoms with Gasteiger partial charge < -0.3 is 5.73 Å². The number of aromatic nitrogens is 2. The van der Waals surface area contributed by atoms with Gasteiger partial charge in [-0.25, -0.2) is 9.98 Å². The smallest absolute Gasteiger partial charge is 0.154 e. The van der Waals surface area contributed by atoms with E-state index in [1.54, 1.807) is 19.5 Å². The van der Waals surface area contributed by atoms with E-state index in [0.29, 0.717) is 17.4 Å². The van der Waals surface area contributed by atoms with Crippen LogP contribution in [0.15, 0.2) is 47.8 Å². The van der Waals surface area contributed by atoms with Crippen molar-refractivity contribution in [1.29, 1.82) is 0 Å². The molecule has 3 aromatic rings. The number of hydroxylamine groups is 1. The topological polar surface area (TPSA) is 85.4 Å². The molecule has 0 atom stereocenters. The van der Waals surface area contributed by atoms with E-state index < -0.39 is 0 Å². The standard InChI is InChI=1S/C20H21N5O/c1-12-5-6-22-10-16(12)14-7-15-9-19(23-11-17(15)18(21)8-14)24-20(25-26-2)13-3-4-13/h5-11,13H,3-4,21H2,1-2H3,(H,23,24,25). The second-order valence-corrected chi connectivity index (χ2v) is 6.60. The molecule has 3 N–H and O–H groups in total. The highest BCUT2D eigenvalue weighted by Crippen LogP contribution is 2.33. The first-order valence-electron chi connectivity index (χ1n) is 8.63. The fraction of sp³-hybridized carbons (Fsp3) is 0.250. The largest absolute Gasteiger partial charge is 0.398 e. The lowest BCUT2D eigenvalue weighted by atomic mass is 9.99. The predicted molar refractivity (Wildman–Crippen MR) is 104 cm³/mol. The van der Waals surface area contributed by atoms with Crippen LogP contribution in [0.5, 0.6) is 0 Å². The third-order valence-electron chi connectivity index (χ3n) is 4.61. The third kappa shape index (κ3) is 3.23. The highest BCUT2D eigenvalue weighted by molar-refractivity contribution is 5.98. The van der Waals surface area contributed by atoms with E-state index in [2.05, 4.69) is 33.4 Å². The van der Waals surface area contributed by atoms with E-state index in [-0.39, 0.29) is 0 Å². The zero-order valence-corrected chi connectivity index (χ0v) is 14.9. The van der Waals surface area contributed by atoms with Gasteiger partial charge in [-0.3, -0.25) is 15.3 Å². The normalized spacial score (nSPS) is 14.6. The Morgan fingerprint density at radius 1 is 1.27 bits per heavy atom. The van der Waals surface area contributed by atoms with Crippen LogP contribution in [0.25, 0.3) is 21.9 Å². The molecular formula is C20H21N5O. The Morgan fingerprint density at radius 2 is 2.12 bits per heavy atom. The van der Waals surface area contributed by atoms with E-state index in [9.17, 15) is 0 Å². The third-order valence-corrected chi connectivity index (χ3v) is 4.61. The Bertz CT molecular complexity index is 995. The first-order chi connectivity index (χ1) is 12.7. The fourth-order valence-electron chi connectivity index (χ4n) is 3.04. The molecule has 0 spiro atoms. The van der Waals surface area contributed by atoms with Crippen LogP contribution >= 0.6 is 0 Å². The maximum atomic E-state index is 6.27. The molecule has 4 rings (SSSR count). The second kappa shape index (κ2) is 6.72. The molecule has 0 amide bonds. The van der Waals surface area contributed by atoms with Gasteiger partial charge in [0.1, 0.15) is 5.84 Å². The van der Waals surface area contributed by atoms with Crippen molar-refractivity contribution in [3.05, 3.63) is 48.4 Å². The number of pyridine rings is 2. The summed E-state index contributed by atoms with van der Waals surface area (Å²) in [6.07, 6.45) is 7.69. The number of nitrogens with zero attached hydrogens (tertiary/aromatic N) is 3. The highest BCUT2D eigenvalue weighted by atomic mass is 16.6. The molecule has 2 aromatic heterocycles. The van der Waals surface area contributed by atoms with Crippen molar-refractivity contribution in [1.82, 2.24) is 15.4 Å². The summed E-state index contributed by atoms with van der Waals surface area (Å²) in [7, 11) is 1.59. The minimum Gasteiger partial charge on any atom is -0.398 e. The number of rotatable bonds is 4. The van der Waals surface area contributed by atoms with E-state index in [4.69, 9.17) is 10.6 Å². The number of aryl methyl sites for hydroxylation is 1. The van der Waals surface area contributed by atoms with E-state index >= 15 is 0 Å². The number of nitrogens with two attached hydrogens (primary N) is 1. The molecule has 132 valence electrons. The molecule has 0 aliphatic heterocycles. The van der Waals surface area contributed by atoms with Gasteiger partial charge in [-0.05, 0) is 60.5 Å².